The molecule has 1 unspecified atom stereocenters. The lowest BCUT2D eigenvalue weighted by Gasteiger charge is -2.40. The molecule has 0 aliphatic carbocycles. The van der Waals surface area contributed by atoms with Crippen molar-refractivity contribution in [1.29, 1.82) is 0 Å². The van der Waals surface area contributed by atoms with Gasteiger partial charge in [-0.3, -0.25) is 4.79 Å². The number of hydrogen-bond acceptors (Lipinski definition) is 4. The summed E-state index contributed by atoms with van der Waals surface area (Å²) in [4.78, 5) is 14.4. The van der Waals surface area contributed by atoms with E-state index < -0.39 is 10.0 Å². The molecule has 25 heavy (non-hydrogen) atoms. The topological polar surface area (TPSA) is 69.7 Å². The second kappa shape index (κ2) is 7.05. The Kier molecular flexibility index (Phi) is 5.18. The number of carbonyl (C=O) groups is 1. The van der Waals surface area contributed by atoms with E-state index in [1.807, 2.05) is 37.8 Å². The summed E-state index contributed by atoms with van der Waals surface area (Å²) in [7, 11) is -3.55. The van der Waals surface area contributed by atoms with Crippen LogP contribution < -0.4 is 5.32 Å². The SMILES string of the molecule is Cc1cc(C)c(S(=O)(=O)N2CCCC(N3CCNCC3=O)C2)c(C)c1. The molecule has 2 aliphatic rings. The monoisotopic (exact) mass is 365 g/mol. The van der Waals surface area contributed by atoms with Crippen LogP contribution in [0.2, 0.25) is 0 Å². The van der Waals surface area contributed by atoms with E-state index in [-0.39, 0.29) is 11.9 Å². The Labute approximate surface area is 150 Å². The third kappa shape index (κ3) is 3.59. The predicted octanol–water partition coefficient (Wildman–Crippen LogP) is 1.20. The number of carbonyl (C=O) groups excluding carboxylic acids is 1. The summed E-state index contributed by atoms with van der Waals surface area (Å²) < 4.78 is 28.1. The minimum atomic E-state index is -3.55. The van der Waals surface area contributed by atoms with Crippen molar-refractivity contribution in [3.63, 3.8) is 0 Å². The summed E-state index contributed by atoms with van der Waals surface area (Å²) in [6, 6.07) is 3.81. The maximum absolute atomic E-state index is 13.3. The number of piperazine rings is 1. The van der Waals surface area contributed by atoms with Gasteiger partial charge in [-0.25, -0.2) is 8.42 Å². The van der Waals surface area contributed by atoms with E-state index in [9.17, 15) is 13.2 Å². The fourth-order valence-corrected chi connectivity index (χ4v) is 6.03. The van der Waals surface area contributed by atoms with E-state index >= 15 is 0 Å². The quantitative estimate of drug-likeness (QED) is 0.874. The maximum Gasteiger partial charge on any atom is 0.243 e. The highest BCUT2D eigenvalue weighted by Crippen LogP contribution is 2.28. The first-order valence-electron chi connectivity index (χ1n) is 8.89. The van der Waals surface area contributed by atoms with Crippen molar-refractivity contribution in [2.24, 2.45) is 0 Å². The van der Waals surface area contributed by atoms with Crippen LogP contribution in [0.15, 0.2) is 17.0 Å². The number of aryl methyl sites for hydroxylation is 3. The van der Waals surface area contributed by atoms with Crippen molar-refractivity contribution in [2.75, 3.05) is 32.7 Å². The summed E-state index contributed by atoms with van der Waals surface area (Å²) in [6.07, 6.45) is 1.65. The van der Waals surface area contributed by atoms with Crippen LogP contribution in [-0.2, 0) is 14.8 Å². The van der Waals surface area contributed by atoms with Crippen LogP contribution in [0.3, 0.4) is 0 Å². The molecule has 2 aliphatic heterocycles. The van der Waals surface area contributed by atoms with E-state index in [0.717, 1.165) is 36.1 Å². The van der Waals surface area contributed by atoms with Gasteiger partial charge in [0.15, 0.2) is 0 Å². The second-order valence-corrected chi connectivity index (χ2v) is 9.03. The van der Waals surface area contributed by atoms with Gasteiger partial charge in [0.05, 0.1) is 11.4 Å². The van der Waals surface area contributed by atoms with Crippen molar-refractivity contribution in [3.8, 4) is 0 Å². The Morgan fingerprint density at radius 2 is 1.80 bits per heavy atom. The van der Waals surface area contributed by atoms with Gasteiger partial charge in [0.25, 0.3) is 0 Å². The minimum Gasteiger partial charge on any atom is -0.336 e. The molecule has 2 fully saturated rings. The van der Waals surface area contributed by atoms with Gasteiger partial charge in [0.2, 0.25) is 15.9 Å². The van der Waals surface area contributed by atoms with E-state index in [1.54, 1.807) is 4.31 Å². The standard InChI is InChI=1S/C18H27N3O3S/c1-13-9-14(2)18(15(3)10-13)25(23,24)20-7-4-5-16(12-20)21-8-6-19-11-17(21)22/h9-10,16,19H,4-8,11-12H2,1-3H3. The molecule has 0 radical (unpaired) electrons. The number of rotatable bonds is 3. The number of piperidine rings is 1. The van der Waals surface area contributed by atoms with Crippen LogP contribution in [0.25, 0.3) is 0 Å². The summed E-state index contributed by atoms with van der Waals surface area (Å²) >= 11 is 0. The zero-order valence-corrected chi connectivity index (χ0v) is 16.0. The van der Waals surface area contributed by atoms with Crippen LogP contribution in [-0.4, -0.2) is 62.3 Å². The van der Waals surface area contributed by atoms with E-state index in [0.29, 0.717) is 31.1 Å². The summed E-state index contributed by atoms with van der Waals surface area (Å²) in [5.74, 6) is 0.0678. The molecule has 1 aromatic carbocycles. The van der Waals surface area contributed by atoms with E-state index in [1.165, 1.54) is 0 Å². The van der Waals surface area contributed by atoms with Crippen LogP contribution in [0.1, 0.15) is 29.5 Å². The van der Waals surface area contributed by atoms with Crippen molar-refractivity contribution in [2.45, 2.75) is 44.6 Å². The normalized spacial score (nSPS) is 23.1. The van der Waals surface area contributed by atoms with Gasteiger partial charge in [0, 0.05) is 32.2 Å². The maximum atomic E-state index is 13.3. The molecule has 0 spiro atoms. The van der Waals surface area contributed by atoms with E-state index in [4.69, 9.17) is 0 Å². The molecule has 138 valence electrons. The molecule has 3 rings (SSSR count). The molecule has 1 amide bonds. The highest BCUT2D eigenvalue weighted by atomic mass is 32.2. The Morgan fingerprint density at radius 1 is 1.12 bits per heavy atom. The lowest BCUT2D eigenvalue weighted by molar-refractivity contribution is -0.135. The molecule has 0 aromatic heterocycles. The molecular weight excluding hydrogens is 338 g/mol. The number of benzene rings is 1. The van der Waals surface area contributed by atoms with Crippen molar-refractivity contribution in [1.82, 2.24) is 14.5 Å². The number of sulfonamides is 1. The van der Waals surface area contributed by atoms with Gasteiger partial charge in [-0.2, -0.15) is 4.31 Å². The summed E-state index contributed by atoms with van der Waals surface area (Å²) in [6.45, 7) is 8.36. The fourth-order valence-electron chi connectivity index (χ4n) is 4.10. The summed E-state index contributed by atoms with van der Waals surface area (Å²) in [5.41, 5.74) is 2.65. The third-order valence-electron chi connectivity index (χ3n) is 5.13. The van der Waals surface area contributed by atoms with Gasteiger partial charge in [0.1, 0.15) is 0 Å². The van der Waals surface area contributed by atoms with Gasteiger partial charge in [-0.15, -0.1) is 0 Å². The molecule has 7 heteroatoms. The first-order chi connectivity index (χ1) is 11.8. The van der Waals surface area contributed by atoms with Gasteiger partial charge < -0.3 is 10.2 Å². The predicted molar refractivity (Wildman–Crippen MR) is 97.0 cm³/mol. The number of nitrogens with one attached hydrogen (secondary N) is 1. The van der Waals surface area contributed by atoms with Gasteiger partial charge in [-0.1, -0.05) is 17.7 Å². The second-order valence-electron chi connectivity index (χ2n) is 7.15. The Hall–Kier alpha value is -1.44. The Balaban J connectivity index is 1.86. The molecule has 0 saturated carbocycles. The molecule has 1 aromatic rings. The lowest BCUT2D eigenvalue weighted by Crippen LogP contribution is -2.57. The van der Waals surface area contributed by atoms with Crippen LogP contribution in [0.5, 0.6) is 0 Å². The first kappa shape index (κ1) is 18.4. The highest BCUT2D eigenvalue weighted by molar-refractivity contribution is 7.89. The zero-order valence-electron chi connectivity index (χ0n) is 15.2. The van der Waals surface area contributed by atoms with Crippen molar-refractivity contribution >= 4 is 15.9 Å². The van der Waals surface area contributed by atoms with Crippen molar-refractivity contribution < 1.29 is 13.2 Å². The third-order valence-corrected chi connectivity index (χ3v) is 7.30. The number of nitrogens with zero attached hydrogens (tertiary/aromatic N) is 2. The number of amides is 1. The zero-order chi connectivity index (χ0) is 18.2. The average molecular weight is 365 g/mol. The smallest absolute Gasteiger partial charge is 0.243 e. The van der Waals surface area contributed by atoms with E-state index in [2.05, 4.69) is 5.32 Å². The molecule has 2 heterocycles. The molecule has 0 bridgehead atoms. The summed E-state index contributed by atoms with van der Waals surface area (Å²) in [5, 5.41) is 3.07. The average Bonchev–Trinajstić information content (AvgIpc) is 2.54. The molecule has 2 saturated heterocycles. The van der Waals surface area contributed by atoms with Gasteiger partial charge in [-0.05, 0) is 44.7 Å². The van der Waals surface area contributed by atoms with Crippen LogP contribution in [0, 0.1) is 20.8 Å². The molecule has 6 nitrogen and oxygen atoms in total. The molecule has 1 N–H and O–H groups in total. The molecule has 1 atom stereocenters. The highest BCUT2D eigenvalue weighted by Gasteiger charge is 2.36. The fraction of sp³-hybridized carbons (Fsp3) is 0.611. The van der Waals surface area contributed by atoms with Gasteiger partial charge >= 0.3 is 0 Å². The van der Waals surface area contributed by atoms with Crippen LogP contribution >= 0.6 is 0 Å². The van der Waals surface area contributed by atoms with Crippen molar-refractivity contribution in [3.05, 3.63) is 28.8 Å². The van der Waals surface area contributed by atoms with Crippen LogP contribution in [0.4, 0.5) is 0 Å². The number of hydrogen-bond donors (Lipinski definition) is 1. The molecular formula is C18H27N3O3S. The Morgan fingerprint density at radius 3 is 2.44 bits per heavy atom. The lowest BCUT2D eigenvalue weighted by atomic mass is 10.1. The Bertz CT molecular complexity index is 753. The first-order valence-corrected chi connectivity index (χ1v) is 10.3. The largest absolute Gasteiger partial charge is 0.336 e. The minimum absolute atomic E-state index is 0.0239.